The fourth-order valence-corrected chi connectivity index (χ4v) is 3.14. The molecule has 4 rings (SSSR count). The summed E-state index contributed by atoms with van der Waals surface area (Å²) < 4.78 is 12.1. The number of carbonyl (C=O) groups excluding carboxylic acids is 1. The molecule has 2 aromatic heterocycles. The molecule has 0 aliphatic heterocycles. The predicted octanol–water partition coefficient (Wildman–Crippen LogP) is 4.90. The van der Waals surface area contributed by atoms with Gasteiger partial charge in [-0.1, -0.05) is 23.7 Å². The van der Waals surface area contributed by atoms with Gasteiger partial charge in [-0.15, -0.1) is 0 Å². The molecule has 0 unspecified atom stereocenters. The maximum Gasteiger partial charge on any atom is 0.357 e. The Balaban J connectivity index is 1.90. The monoisotopic (exact) mass is 407 g/mol. The molecule has 29 heavy (non-hydrogen) atoms. The SMILES string of the molecule is CCOC(=O)c1cc(-c2ccc(OC)cc2)n2nc(-c3ccc(Cl)cc3)cc2n1. The number of aromatic nitrogens is 3. The summed E-state index contributed by atoms with van der Waals surface area (Å²) in [5.41, 5.74) is 4.00. The van der Waals surface area contributed by atoms with E-state index in [-0.39, 0.29) is 12.3 Å². The smallest absolute Gasteiger partial charge is 0.357 e. The molecule has 0 saturated carbocycles. The second-order valence-corrected chi connectivity index (χ2v) is 6.72. The largest absolute Gasteiger partial charge is 0.497 e. The van der Waals surface area contributed by atoms with Gasteiger partial charge >= 0.3 is 5.97 Å². The zero-order valence-electron chi connectivity index (χ0n) is 15.9. The van der Waals surface area contributed by atoms with E-state index in [9.17, 15) is 4.79 Å². The number of rotatable bonds is 5. The number of benzene rings is 2. The lowest BCUT2D eigenvalue weighted by atomic mass is 10.1. The van der Waals surface area contributed by atoms with Crippen molar-refractivity contribution >= 4 is 23.2 Å². The first-order chi connectivity index (χ1) is 14.1. The lowest BCUT2D eigenvalue weighted by Gasteiger charge is -2.08. The van der Waals surface area contributed by atoms with E-state index in [0.717, 1.165) is 28.3 Å². The summed E-state index contributed by atoms with van der Waals surface area (Å²) in [4.78, 5) is 16.8. The molecule has 0 amide bonds. The van der Waals surface area contributed by atoms with Crippen molar-refractivity contribution in [3.63, 3.8) is 0 Å². The van der Waals surface area contributed by atoms with Crippen molar-refractivity contribution in [3.05, 3.63) is 71.4 Å². The van der Waals surface area contributed by atoms with Gasteiger partial charge in [-0.25, -0.2) is 14.3 Å². The Hall–Kier alpha value is -3.38. The Morgan fingerprint density at radius 1 is 1.03 bits per heavy atom. The Bertz CT molecular complexity index is 1170. The third-order valence-corrected chi connectivity index (χ3v) is 4.69. The van der Waals surface area contributed by atoms with Crippen LogP contribution in [0.3, 0.4) is 0 Å². The van der Waals surface area contributed by atoms with Crippen molar-refractivity contribution in [2.24, 2.45) is 0 Å². The first-order valence-electron chi connectivity index (χ1n) is 9.07. The van der Waals surface area contributed by atoms with Crippen molar-refractivity contribution in [1.82, 2.24) is 14.6 Å². The van der Waals surface area contributed by atoms with Crippen molar-refractivity contribution in [3.8, 4) is 28.3 Å². The Morgan fingerprint density at radius 3 is 2.38 bits per heavy atom. The minimum absolute atomic E-state index is 0.229. The average molecular weight is 408 g/mol. The molecule has 0 bridgehead atoms. The van der Waals surface area contributed by atoms with Gasteiger partial charge in [0.1, 0.15) is 5.75 Å². The fourth-order valence-electron chi connectivity index (χ4n) is 3.01. The van der Waals surface area contributed by atoms with Crippen LogP contribution in [0.5, 0.6) is 5.75 Å². The van der Waals surface area contributed by atoms with Gasteiger partial charge in [0, 0.05) is 22.2 Å². The second kappa shape index (κ2) is 7.93. The molecule has 146 valence electrons. The number of hydrogen-bond acceptors (Lipinski definition) is 5. The van der Waals surface area contributed by atoms with E-state index in [1.807, 2.05) is 54.6 Å². The number of carbonyl (C=O) groups is 1. The van der Waals surface area contributed by atoms with Crippen molar-refractivity contribution in [2.75, 3.05) is 13.7 Å². The Labute approximate surface area is 172 Å². The maximum atomic E-state index is 12.3. The summed E-state index contributed by atoms with van der Waals surface area (Å²) in [5.74, 6) is 0.269. The zero-order chi connectivity index (χ0) is 20.4. The number of hydrogen-bond donors (Lipinski definition) is 0. The van der Waals surface area contributed by atoms with Gasteiger partial charge in [0.05, 0.1) is 25.1 Å². The molecule has 0 saturated heterocycles. The van der Waals surface area contributed by atoms with Gasteiger partial charge in [-0.3, -0.25) is 0 Å². The van der Waals surface area contributed by atoms with Gasteiger partial charge in [0.25, 0.3) is 0 Å². The molecule has 2 aromatic carbocycles. The van der Waals surface area contributed by atoms with Crippen LogP contribution in [0.4, 0.5) is 0 Å². The minimum Gasteiger partial charge on any atom is -0.497 e. The molecule has 0 atom stereocenters. The normalized spacial score (nSPS) is 10.9. The lowest BCUT2D eigenvalue weighted by Crippen LogP contribution is -2.09. The molecule has 0 N–H and O–H groups in total. The third-order valence-electron chi connectivity index (χ3n) is 4.44. The van der Waals surface area contributed by atoms with Crippen LogP contribution in [0.25, 0.3) is 28.2 Å². The number of esters is 1. The van der Waals surface area contributed by atoms with Gasteiger partial charge in [-0.05, 0) is 49.4 Å². The zero-order valence-corrected chi connectivity index (χ0v) is 16.7. The molecule has 6 nitrogen and oxygen atoms in total. The molecule has 0 fully saturated rings. The summed E-state index contributed by atoms with van der Waals surface area (Å²) in [6.45, 7) is 2.04. The summed E-state index contributed by atoms with van der Waals surface area (Å²) in [6, 6.07) is 18.5. The van der Waals surface area contributed by atoms with Crippen LogP contribution in [0.2, 0.25) is 5.02 Å². The Kier molecular flexibility index (Phi) is 5.18. The van der Waals surface area contributed by atoms with Gasteiger partial charge in [-0.2, -0.15) is 5.10 Å². The van der Waals surface area contributed by atoms with Crippen LogP contribution >= 0.6 is 11.6 Å². The topological polar surface area (TPSA) is 65.7 Å². The predicted molar refractivity (Wildman–Crippen MR) is 111 cm³/mol. The third kappa shape index (κ3) is 3.79. The number of methoxy groups -OCH3 is 1. The Morgan fingerprint density at radius 2 is 1.72 bits per heavy atom. The van der Waals surface area contributed by atoms with Crippen LogP contribution in [0.15, 0.2) is 60.7 Å². The standard InChI is InChI=1S/C22H18ClN3O3/c1-3-29-22(27)19-12-20(15-6-10-17(28-2)11-7-15)26-21(24-19)13-18(25-26)14-4-8-16(23)9-5-14/h4-13H,3H2,1-2H3. The number of nitrogens with zero attached hydrogens (tertiary/aromatic N) is 3. The van der Waals surface area contributed by atoms with Crippen LogP contribution < -0.4 is 4.74 Å². The van der Waals surface area contributed by atoms with E-state index < -0.39 is 5.97 Å². The summed E-state index contributed by atoms with van der Waals surface area (Å²) >= 11 is 5.99. The molecule has 0 aliphatic carbocycles. The molecule has 2 heterocycles. The summed E-state index contributed by atoms with van der Waals surface area (Å²) in [5, 5.41) is 5.36. The molecule has 0 spiro atoms. The molecular formula is C22H18ClN3O3. The quantitative estimate of drug-likeness (QED) is 0.440. The van der Waals surface area contributed by atoms with Gasteiger partial charge < -0.3 is 9.47 Å². The van der Waals surface area contributed by atoms with Crippen LogP contribution in [0.1, 0.15) is 17.4 Å². The maximum absolute atomic E-state index is 12.3. The van der Waals surface area contributed by atoms with E-state index in [2.05, 4.69) is 4.98 Å². The van der Waals surface area contributed by atoms with Crippen LogP contribution in [-0.2, 0) is 4.74 Å². The van der Waals surface area contributed by atoms with E-state index in [4.69, 9.17) is 26.2 Å². The van der Waals surface area contributed by atoms with Crippen LogP contribution in [0, 0.1) is 0 Å². The molecule has 4 aromatic rings. The van der Waals surface area contributed by atoms with Crippen molar-refractivity contribution in [1.29, 1.82) is 0 Å². The molecule has 0 aliphatic rings. The highest BCUT2D eigenvalue weighted by Crippen LogP contribution is 2.27. The lowest BCUT2D eigenvalue weighted by molar-refractivity contribution is 0.0519. The highest BCUT2D eigenvalue weighted by Gasteiger charge is 2.17. The number of halogens is 1. The highest BCUT2D eigenvalue weighted by atomic mass is 35.5. The number of ether oxygens (including phenoxy) is 2. The van der Waals surface area contributed by atoms with E-state index in [1.165, 1.54) is 0 Å². The van der Waals surface area contributed by atoms with Crippen molar-refractivity contribution in [2.45, 2.75) is 6.92 Å². The summed E-state index contributed by atoms with van der Waals surface area (Å²) in [7, 11) is 1.62. The minimum atomic E-state index is -0.473. The molecule has 7 heteroatoms. The average Bonchev–Trinajstić information content (AvgIpc) is 3.18. The summed E-state index contributed by atoms with van der Waals surface area (Å²) in [6.07, 6.45) is 0. The van der Waals surface area contributed by atoms with Crippen molar-refractivity contribution < 1.29 is 14.3 Å². The highest BCUT2D eigenvalue weighted by molar-refractivity contribution is 6.30. The fraction of sp³-hybridized carbons (Fsp3) is 0.136. The number of fused-ring (bicyclic) bond motifs is 1. The first-order valence-corrected chi connectivity index (χ1v) is 9.45. The van der Waals surface area contributed by atoms with Gasteiger partial charge in [0.15, 0.2) is 11.3 Å². The van der Waals surface area contributed by atoms with E-state index in [0.29, 0.717) is 10.7 Å². The second-order valence-electron chi connectivity index (χ2n) is 6.28. The van der Waals surface area contributed by atoms with Gasteiger partial charge in [0.2, 0.25) is 0 Å². The molecular weight excluding hydrogens is 390 g/mol. The van der Waals surface area contributed by atoms with E-state index in [1.54, 1.807) is 24.6 Å². The van der Waals surface area contributed by atoms with E-state index >= 15 is 0 Å². The first kappa shape index (κ1) is 19.0. The molecule has 0 radical (unpaired) electrons. The van der Waals surface area contributed by atoms with Crippen LogP contribution in [-0.4, -0.2) is 34.3 Å².